The van der Waals surface area contributed by atoms with Crippen molar-refractivity contribution in [3.05, 3.63) is 78.4 Å². The largest absolute Gasteiger partial charge is 0.364 e. The highest BCUT2D eigenvalue weighted by Gasteiger charge is 2.10. The van der Waals surface area contributed by atoms with Crippen molar-refractivity contribution in [1.29, 1.82) is 0 Å². The van der Waals surface area contributed by atoms with Crippen LogP contribution in [0.5, 0.6) is 0 Å². The lowest BCUT2D eigenvalue weighted by molar-refractivity contribution is 0.909. The van der Waals surface area contributed by atoms with Crippen molar-refractivity contribution in [3.63, 3.8) is 0 Å². The number of hydrogen-bond donors (Lipinski definition) is 2. The molecule has 0 unspecified atom stereocenters. The predicted octanol–water partition coefficient (Wildman–Crippen LogP) is 3.79. The fraction of sp³-hybridized carbons (Fsp3) is 0.105. The van der Waals surface area contributed by atoms with E-state index < -0.39 is 0 Å². The molecule has 0 aliphatic rings. The van der Waals surface area contributed by atoms with Gasteiger partial charge in [-0.2, -0.15) is 9.61 Å². The van der Waals surface area contributed by atoms with Crippen molar-refractivity contribution in [2.75, 3.05) is 10.6 Å². The molecule has 25 heavy (non-hydrogen) atoms. The molecule has 3 heterocycles. The van der Waals surface area contributed by atoms with Gasteiger partial charge in [-0.25, -0.2) is 4.98 Å². The Labute approximate surface area is 145 Å². The fourth-order valence-electron chi connectivity index (χ4n) is 2.66. The van der Waals surface area contributed by atoms with Gasteiger partial charge in [0.25, 0.3) is 0 Å². The van der Waals surface area contributed by atoms with E-state index in [2.05, 4.69) is 25.7 Å². The van der Waals surface area contributed by atoms with Gasteiger partial charge in [-0.05, 0) is 31.2 Å². The first-order valence-corrected chi connectivity index (χ1v) is 8.11. The Morgan fingerprint density at radius 2 is 1.88 bits per heavy atom. The van der Waals surface area contributed by atoms with E-state index in [0.29, 0.717) is 6.54 Å². The van der Waals surface area contributed by atoms with E-state index in [9.17, 15) is 0 Å². The Kier molecular flexibility index (Phi) is 4.00. The third-order valence-corrected chi connectivity index (χ3v) is 3.83. The molecular weight excluding hydrogens is 312 g/mol. The number of nitrogens with zero attached hydrogens (tertiary/aromatic N) is 4. The zero-order valence-electron chi connectivity index (χ0n) is 13.8. The number of hydrogen-bond acceptors (Lipinski definition) is 5. The van der Waals surface area contributed by atoms with Gasteiger partial charge in [0.15, 0.2) is 5.65 Å². The standard InChI is InChI=1S/C19H18N6/c1-14-11-18(21-12-16-9-5-6-10-20-16)25-19(23-14)17(13-22-25)24-15-7-3-2-4-8-15/h2-11,13,21,24H,12H2,1H3. The van der Waals surface area contributed by atoms with Crippen LogP contribution in [-0.2, 0) is 6.54 Å². The molecule has 6 nitrogen and oxygen atoms in total. The van der Waals surface area contributed by atoms with Crippen molar-refractivity contribution in [2.24, 2.45) is 0 Å². The summed E-state index contributed by atoms with van der Waals surface area (Å²) in [6.07, 6.45) is 3.58. The molecular formula is C19H18N6. The summed E-state index contributed by atoms with van der Waals surface area (Å²) in [6, 6.07) is 17.9. The van der Waals surface area contributed by atoms with Crippen LogP contribution in [0.15, 0.2) is 67.0 Å². The first-order chi connectivity index (χ1) is 12.3. The maximum absolute atomic E-state index is 4.63. The summed E-state index contributed by atoms with van der Waals surface area (Å²) in [6.45, 7) is 2.60. The molecule has 0 aliphatic heterocycles. The molecule has 0 amide bonds. The van der Waals surface area contributed by atoms with E-state index in [-0.39, 0.29) is 0 Å². The summed E-state index contributed by atoms with van der Waals surface area (Å²) in [4.78, 5) is 8.97. The van der Waals surface area contributed by atoms with Crippen molar-refractivity contribution >= 4 is 22.8 Å². The average molecular weight is 330 g/mol. The highest BCUT2D eigenvalue weighted by molar-refractivity contribution is 5.74. The maximum atomic E-state index is 4.63. The SMILES string of the molecule is Cc1cc(NCc2ccccn2)n2ncc(Nc3ccccc3)c2n1. The number of aryl methyl sites for hydroxylation is 1. The number of fused-ring (bicyclic) bond motifs is 1. The molecule has 0 bridgehead atoms. The van der Waals surface area contributed by atoms with Crippen LogP contribution in [-0.4, -0.2) is 19.6 Å². The molecule has 0 aliphatic carbocycles. The van der Waals surface area contributed by atoms with Gasteiger partial charge in [0.1, 0.15) is 11.5 Å². The molecule has 0 saturated carbocycles. The van der Waals surface area contributed by atoms with Crippen molar-refractivity contribution in [2.45, 2.75) is 13.5 Å². The Bertz CT molecular complexity index is 979. The molecule has 3 aromatic heterocycles. The van der Waals surface area contributed by atoms with Crippen molar-refractivity contribution < 1.29 is 0 Å². The van der Waals surface area contributed by atoms with Gasteiger partial charge in [-0.3, -0.25) is 4.98 Å². The van der Waals surface area contributed by atoms with Crippen LogP contribution in [0.25, 0.3) is 5.65 Å². The number of para-hydroxylation sites is 1. The highest BCUT2D eigenvalue weighted by Crippen LogP contribution is 2.23. The summed E-state index contributed by atoms with van der Waals surface area (Å²) < 4.78 is 1.81. The van der Waals surface area contributed by atoms with Crippen LogP contribution >= 0.6 is 0 Å². The van der Waals surface area contributed by atoms with Crippen molar-refractivity contribution in [1.82, 2.24) is 19.6 Å². The van der Waals surface area contributed by atoms with Crippen molar-refractivity contribution in [3.8, 4) is 0 Å². The molecule has 0 saturated heterocycles. The summed E-state index contributed by atoms with van der Waals surface area (Å²) in [5, 5.41) is 11.2. The van der Waals surface area contributed by atoms with Gasteiger partial charge in [-0.1, -0.05) is 24.3 Å². The average Bonchev–Trinajstić information content (AvgIpc) is 3.04. The number of rotatable bonds is 5. The Balaban J connectivity index is 1.64. The minimum Gasteiger partial charge on any atom is -0.364 e. The smallest absolute Gasteiger partial charge is 0.181 e. The quantitative estimate of drug-likeness (QED) is 0.583. The monoisotopic (exact) mass is 330 g/mol. The van der Waals surface area contributed by atoms with Gasteiger partial charge in [0.2, 0.25) is 0 Å². The lowest BCUT2D eigenvalue weighted by atomic mass is 10.3. The van der Waals surface area contributed by atoms with E-state index in [4.69, 9.17) is 0 Å². The molecule has 4 aromatic rings. The number of benzene rings is 1. The zero-order valence-corrected chi connectivity index (χ0v) is 13.8. The molecule has 124 valence electrons. The normalized spacial score (nSPS) is 10.8. The number of nitrogens with one attached hydrogen (secondary N) is 2. The van der Waals surface area contributed by atoms with Crippen LogP contribution in [0.2, 0.25) is 0 Å². The van der Waals surface area contributed by atoms with E-state index in [1.165, 1.54) is 0 Å². The Morgan fingerprint density at radius 1 is 1.04 bits per heavy atom. The van der Waals surface area contributed by atoms with Gasteiger partial charge in [0.05, 0.1) is 18.4 Å². The van der Waals surface area contributed by atoms with Crippen LogP contribution in [0.1, 0.15) is 11.4 Å². The second-order valence-electron chi connectivity index (χ2n) is 5.74. The summed E-state index contributed by atoms with van der Waals surface area (Å²) in [5.74, 6) is 0.884. The minimum atomic E-state index is 0.626. The Hall–Kier alpha value is -3.41. The molecule has 6 heteroatoms. The maximum Gasteiger partial charge on any atom is 0.181 e. The third-order valence-electron chi connectivity index (χ3n) is 3.83. The number of aromatic nitrogens is 4. The second kappa shape index (κ2) is 6.60. The predicted molar refractivity (Wildman–Crippen MR) is 99.0 cm³/mol. The summed E-state index contributed by atoms with van der Waals surface area (Å²) in [5.41, 5.74) is 4.55. The Morgan fingerprint density at radius 3 is 2.68 bits per heavy atom. The fourth-order valence-corrected chi connectivity index (χ4v) is 2.66. The second-order valence-corrected chi connectivity index (χ2v) is 5.74. The van der Waals surface area contributed by atoms with Crippen LogP contribution in [0, 0.1) is 6.92 Å². The third kappa shape index (κ3) is 3.28. The molecule has 2 N–H and O–H groups in total. The molecule has 4 rings (SSSR count). The van der Waals surface area contributed by atoms with Gasteiger partial charge >= 0.3 is 0 Å². The van der Waals surface area contributed by atoms with E-state index in [1.54, 1.807) is 16.9 Å². The van der Waals surface area contributed by atoms with Crippen LogP contribution < -0.4 is 10.6 Å². The zero-order chi connectivity index (χ0) is 17.1. The van der Waals surface area contributed by atoms with Gasteiger partial charge in [0, 0.05) is 23.6 Å². The lowest BCUT2D eigenvalue weighted by Crippen LogP contribution is -2.07. The summed E-state index contributed by atoms with van der Waals surface area (Å²) >= 11 is 0. The van der Waals surface area contributed by atoms with Crippen LogP contribution in [0.4, 0.5) is 17.2 Å². The van der Waals surface area contributed by atoms with Crippen LogP contribution in [0.3, 0.4) is 0 Å². The highest BCUT2D eigenvalue weighted by atomic mass is 15.3. The first kappa shape index (κ1) is 15.1. The summed E-state index contributed by atoms with van der Waals surface area (Å²) in [7, 11) is 0. The molecule has 0 spiro atoms. The number of anilines is 3. The number of pyridine rings is 1. The minimum absolute atomic E-state index is 0.626. The molecule has 0 atom stereocenters. The molecule has 0 fully saturated rings. The van der Waals surface area contributed by atoms with E-state index in [1.807, 2.05) is 61.5 Å². The first-order valence-electron chi connectivity index (χ1n) is 8.11. The van der Waals surface area contributed by atoms with Gasteiger partial charge < -0.3 is 10.6 Å². The topological polar surface area (TPSA) is 67.1 Å². The molecule has 0 radical (unpaired) electrons. The van der Waals surface area contributed by atoms with E-state index >= 15 is 0 Å². The van der Waals surface area contributed by atoms with E-state index in [0.717, 1.165) is 34.2 Å². The lowest BCUT2D eigenvalue weighted by Gasteiger charge is -2.10. The molecule has 1 aromatic carbocycles. The van der Waals surface area contributed by atoms with Gasteiger partial charge in [-0.15, -0.1) is 0 Å².